The number of thioether (sulfide) groups is 1. The highest BCUT2D eigenvalue weighted by Crippen LogP contribution is 2.09. The quantitative estimate of drug-likeness (QED) is 0.622. The number of thiocarbonyl (C=S) groups is 1. The summed E-state index contributed by atoms with van der Waals surface area (Å²) in [7, 11) is 1.38. The normalized spacial score (nSPS) is 11.6. The van der Waals surface area contributed by atoms with Crippen molar-refractivity contribution in [1.82, 2.24) is 5.32 Å². The van der Waals surface area contributed by atoms with Crippen LogP contribution in [-0.2, 0) is 9.53 Å². The first-order chi connectivity index (χ1) is 9.56. The van der Waals surface area contributed by atoms with E-state index in [-0.39, 0.29) is 5.97 Å². The van der Waals surface area contributed by atoms with Crippen LogP contribution in [0.3, 0.4) is 0 Å². The molecule has 20 heavy (non-hydrogen) atoms. The summed E-state index contributed by atoms with van der Waals surface area (Å²) in [6, 6.07) is 7.46. The molecule has 1 aromatic carbocycles. The number of aryl methyl sites for hydroxylation is 1. The molecule has 0 amide bonds. The van der Waals surface area contributed by atoms with Crippen LogP contribution < -0.4 is 10.6 Å². The van der Waals surface area contributed by atoms with E-state index in [9.17, 15) is 4.79 Å². The third kappa shape index (κ3) is 5.79. The molecule has 0 spiro atoms. The second-order valence-electron chi connectivity index (χ2n) is 4.32. The van der Waals surface area contributed by atoms with Crippen molar-refractivity contribution in [3.63, 3.8) is 0 Å². The molecular weight excluding hydrogens is 292 g/mol. The number of anilines is 1. The number of ether oxygens (including phenoxy) is 1. The van der Waals surface area contributed by atoms with Crippen molar-refractivity contribution in [2.75, 3.05) is 24.4 Å². The molecule has 4 nitrogen and oxygen atoms in total. The average molecular weight is 312 g/mol. The van der Waals surface area contributed by atoms with Gasteiger partial charge in [0.1, 0.15) is 6.04 Å². The van der Waals surface area contributed by atoms with Gasteiger partial charge in [0.05, 0.1) is 7.11 Å². The van der Waals surface area contributed by atoms with Gasteiger partial charge in [0, 0.05) is 5.69 Å². The van der Waals surface area contributed by atoms with Crippen LogP contribution in [0.5, 0.6) is 0 Å². The summed E-state index contributed by atoms with van der Waals surface area (Å²) < 4.78 is 4.78. The molecule has 110 valence electrons. The van der Waals surface area contributed by atoms with Crippen molar-refractivity contribution >= 4 is 40.7 Å². The molecule has 2 N–H and O–H groups in total. The fourth-order valence-electron chi connectivity index (χ4n) is 1.59. The van der Waals surface area contributed by atoms with E-state index in [4.69, 9.17) is 17.0 Å². The Labute approximate surface area is 129 Å². The highest BCUT2D eigenvalue weighted by atomic mass is 32.2. The highest BCUT2D eigenvalue weighted by molar-refractivity contribution is 7.98. The zero-order valence-corrected chi connectivity index (χ0v) is 13.6. The van der Waals surface area contributed by atoms with E-state index in [2.05, 4.69) is 10.6 Å². The number of methoxy groups -OCH3 is 1. The van der Waals surface area contributed by atoms with Crippen molar-refractivity contribution in [3.05, 3.63) is 29.8 Å². The SMILES string of the molecule is COC(=O)C(CCSC)NC(=S)Nc1ccc(C)cc1. The number of nitrogens with one attached hydrogen (secondary N) is 2. The second kappa shape index (κ2) is 8.81. The summed E-state index contributed by atoms with van der Waals surface area (Å²) in [5.41, 5.74) is 2.07. The Morgan fingerprint density at radius 3 is 2.60 bits per heavy atom. The largest absolute Gasteiger partial charge is 0.467 e. The average Bonchev–Trinajstić information content (AvgIpc) is 2.45. The van der Waals surface area contributed by atoms with Crippen molar-refractivity contribution in [2.45, 2.75) is 19.4 Å². The zero-order valence-electron chi connectivity index (χ0n) is 11.9. The molecule has 0 radical (unpaired) electrons. The van der Waals surface area contributed by atoms with E-state index in [1.54, 1.807) is 11.8 Å². The van der Waals surface area contributed by atoms with E-state index < -0.39 is 6.04 Å². The molecule has 1 rings (SSSR count). The Hall–Kier alpha value is -1.27. The first-order valence-corrected chi connectivity index (χ1v) is 8.08. The maximum Gasteiger partial charge on any atom is 0.328 e. The van der Waals surface area contributed by atoms with Gasteiger partial charge >= 0.3 is 5.97 Å². The molecule has 0 saturated heterocycles. The van der Waals surface area contributed by atoms with E-state index in [0.717, 1.165) is 11.4 Å². The van der Waals surface area contributed by atoms with Gasteiger partial charge in [-0.3, -0.25) is 0 Å². The van der Waals surface area contributed by atoms with Gasteiger partial charge in [-0.15, -0.1) is 0 Å². The summed E-state index contributed by atoms with van der Waals surface area (Å²) in [6.07, 6.45) is 2.67. The zero-order chi connectivity index (χ0) is 15.0. The molecule has 0 heterocycles. The smallest absolute Gasteiger partial charge is 0.328 e. The van der Waals surface area contributed by atoms with Crippen LogP contribution in [0.15, 0.2) is 24.3 Å². The van der Waals surface area contributed by atoms with E-state index >= 15 is 0 Å². The number of benzene rings is 1. The minimum atomic E-state index is -0.419. The summed E-state index contributed by atoms with van der Waals surface area (Å²) in [6.45, 7) is 2.02. The van der Waals surface area contributed by atoms with Crippen molar-refractivity contribution in [2.24, 2.45) is 0 Å². The summed E-state index contributed by atoms with van der Waals surface area (Å²) in [5.74, 6) is 0.562. The lowest BCUT2D eigenvalue weighted by Crippen LogP contribution is -2.43. The van der Waals surface area contributed by atoms with Gasteiger partial charge < -0.3 is 15.4 Å². The number of esters is 1. The monoisotopic (exact) mass is 312 g/mol. The van der Waals surface area contributed by atoms with E-state index in [0.29, 0.717) is 11.5 Å². The van der Waals surface area contributed by atoms with Crippen LogP contribution in [-0.4, -0.2) is 36.2 Å². The Morgan fingerprint density at radius 2 is 2.05 bits per heavy atom. The van der Waals surface area contributed by atoms with Gasteiger partial charge in [0.15, 0.2) is 5.11 Å². The van der Waals surface area contributed by atoms with Crippen molar-refractivity contribution < 1.29 is 9.53 Å². The lowest BCUT2D eigenvalue weighted by atomic mass is 10.2. The minimum Gasteiger partial charge on any atom is -0.467 e. The van der Waals surface area contributed by atoms with E-state index in [1.165, 1.54) is 12.7 Å². The molecule has 0 aliphatic rings. The fourth-order valence-corrected chi connectivity index (χ4v) is 2.32. The number of carbonyl (C=O) groups is 1. The van der Waals surface area contributed by atoms with E-state index in [1.807, 2.05) is 37.4 Å². The molecule has 0 aliphatic carbocycles. The van der Waals surface area contributed by atoms with Crippen LogP contribution in [0.25, 0.3) is 0 Å². The maximum absolute atomic E-state index is 11.7. The van der Waals surface area contributed by atoms with Crippen LogP contribution in [0.1, 0.15) is 12.0 Å². The summed E-state index contributed by atoms with van der Waals surface area (Å²) >= 11 is 6.90. The maximum atomic E-state index is 11.7. The molecule has 6 heteroatoms. The Morgan fingerprint density at radius 1 is 1.40 bits per heavy atom. The van der Waals surface area contributed by atoms with Gasteiger partial charge in [-0.2, -0.15) is 11.8 Å². The summed E-state index contributed by atoms with van der Waals surface area (Å²) in [5, 5.41) is 6.48. The van der Waals surface area contributed by atoms with Gasteiger partial charge in [0.2, 0.25) is 0 Å². The molecule has 1 aromatic rings. The molecule has 0 aromatic heterocycles. The summed E-state index contributed by atoms with van der Waals surface area (Å²) in [4.78, 5) is 11.7. The standard InChI is InChI=1S/C14H20N2O2S2/c1-10-4-6-11(7-5-10)15-14(19)16-12(8-9-20-3)13(17)18-2/h4-7,12H,8-9H2,1-3H3,(H2,15,16,19). The third-order valence-corrected chi connectivity index (χ3v) is 3.57. The third-order valence-electron chi connectivity index (χ3n) is 2.71. The molecule has 0 aliphatic heterocycles. The minimum absolute atomic E-state index is 0.299. The lowest BCUT2D eigenvalue weighted by molar-refractivity contribution is -0.142. The first-order valence-electron chi connectivity index (χ1n) is 6.27. The number of hydrogen-bond donors (Lipinski definition) is 2. The lowest BCUT2D eigenvalue weighted by Gasteiger charge is -2.18. The number of hydrogen-bond acceptors (Lipinski definition) is 4. The Bertz CT molecular complexity index is 449. The fraction of sp³-hybridized carbons (Fsp3) is 0.429. The van der Waals surface area contributed by atoms with Crippen LogP contribution in [0.2, 0.25) is 0 Å². The second-order valence-corrected chi connectivity index (χ2v) is 5.72. The molecule has 0 bridgehead atoms. The van der Waals surface area contributed by atoms with Crippen LogP contribution in [0.4, 0.5) is 5.69 Å². The van der Waals surface area contributed by atoms with Crippen molar-refractivity contribution in [1.29, 1.82) is 0 Å². The molecule has 1 atom stereocenters. The van der Waals surface area contributed by atoms with Gasteiger partial charge in [-0.05, 0) is 49.7 Å². The van der Waals surface area contributed by atoms with Crippen LogP contribution in [0, 0.1) is 6.92 Å². The molecule has 1 unspecified atom stereocenters. The molecular formula is C14H20N2O2S2. The Balaban J connectivity index is 2.56. The molecule has 0 fully saturated rings. The number of carbonyl (C=O) groups excluding carboxylic acids is 1. The molecule has 0 saturated carbocycles. The van der Waals surface area contributed by atoms with Gasteiger partial charge in [-0.25, -0.2) is 4.79 Å². The highest BCUT2D eigenvalue weighted by Gasteiger charge is 2.19. The topological polar surface area (TPSA) is 50.4 Å². The van der Waals surface area contributed by atoms with Crippen molar-refractivity contribution in [3.8, 4) is 0 Å². The predicted octanol–water partition coefficient (Wildman–Crippen LogP) is 2.58. The van der Waals surface area contributed by atoms with Gasteiger partial charge in [0.25, 0.3) is 0 Å². The number of rotatable bonds is 6. The predicted molar refractivity (Wildman–Crippen MR) is 89.3 cm³/mol. The van der Waals surface area contributed by atoms with Gasteiger partial charge in [-0.1, -0.05) is 17.7 Å². The first kappa shape index (κ1) is 16.8. The van der Waals surface area contributed by atoms with Crippen LogP contribution >= 0.6 is 24.0 Å². The Kier molecular flexibility index (Phi) is 7.40.